The van der Waals surface area contributed by atoms with Crippen LogP contribution < -0.4 is 10.1 Å². The summed E-state index contributed by atoms with van der Waals surface area (Å²) in [6.07, 6.45) is 1.48. The minimum atomic E-state index is -0.503. The average Bonchev–Trinajstić information content (AvgIpc) is 2.74. The standard InChI is InChI=1S/C24H18BrFN2O2/c1-16-4-2-3-5-22(16)28-24(29)19(14-27)12-18-13-20(25)8-11-23(18)30-15-17-6-9-21(26)10-7-17/h2-13H,15H2,1H3,(H,28,29)/b19-12+. The third-order valence-electron chi connectivity index (χ3n) is 4.34. The number of halogens is 2. The number of hydrogen-bond donors (Lipinski definition) is 1. The fourth-order valence-corrected chi connectivity index (χ4v) is 3.09. The van der Waals surface area contributed by atoms with Crippen molar-refractivity contribution < 1.29 is 13.9 Å². The number of nitrogens with one attached hydrogen (secondary N) is 1. The molecular formula is C24H18BrFN2O2. The van der Waals surface area contributed by atoms with Crippen molar-refractivity contribution in [3.8, 4) is 11.8 Å². The van der Waals surface area contributed by atoms with Gasteiger partial charge < -0.3 is 10.1 Å². The van der Waals surface area contributed by atoms with Gasteiger partial charge in [-0.1, -0.05) is 46.3 Å². The van der Waals surface area contributed by atoms with E-state index in [9.17, 15) is 14.4 Å². The number of benzene rings is 3. The van der Waals surface area contributed by atoms with Crippen LogP contribution in [0.3, 0.4) is 0 Å². The van der Waals surface area contributed by atoms with Crippen LogP contribution in [0.5, 0.6) is 5.75 Å². The number of amides is 1. The van der Waals surface area contributed by atoms with Crippen LogP contribution in [0.2, 0.25) is 0 Å². The van der Waals surface area contributed by atoms with E-state index in [-0.39, 0.29) is 18.0 Å². The quantitative estimate of drug-likeness (QED) is 0.358. The second-order valence-electron chi connectivity index (χ2n) is 6.54. The van der Waals surface area contributed by atoms with Gasteiger partial charge in [-0.3, -0.25) is 4.79 Å². The molecule has 6 heteroatoms. The second-order valence-corrected chi connectivity index (χ2v) is 7.45. The summed E-state index contributed by atoms with van der Waals surface area (Å²) in [5.74, 6) is -0.320. The summed E-state index contributed by atoms with van der Waals surface area (Å²) in [5, 5.41) is 12.3. The predicted octanol–water partition coefficient (Wildman–Crippen LogP) is 6.02. The molecule has 150 valence electrons. The number of rotatable bonds is 6. The van der Waals surface area contributed by atoms with E-state index >= 15 is 0 Å². The fourth-order valence-electron chi connectivity index (χ4n) is 2.71. The number of nitrogens with zero attached hydrogens (tertiary/aromatic N) is 1. The van der Waals surface area contributed by atoms with Gasteiger partial charge in [0, 0.05) is 15.7 Å². The lowest BCUT2D eigenvalue weighted by Gasteiger charge is -2.11. The Labute approximate surface area is 182 Å². The molecule has 0 aliphatic rings. The Hall–Kier alpha value is -3.43. The Kier molecular flexibility index (Phi) is 6.99. The molecule has 3 aromatic rings. The number of hydrogen-bond acceptors (Lipinski definition) is 3. The third-order valence-corrected chi connectivity index (χ3v) is 4.83. The molecule has 0 bridgehead atoms. The maximum absolute atomic E-state index is 13.1. The number of aryl methyl sites for hydroxylation is 1. The molecular weight excluding hydrogens is 447 g/mol. The molecule has 0 aliphatic heterocycles. The predicted molar refractivity (Wildman–Crippen MR) is 118 cm³/mol. The molecule has 1 N–H and O–H groups in total. The number of carbonyl (C=O) groups is 1. The van der Waals surface area contributed by atoms with Crippen molar-refractivity contribution in [1.82, 2.24) is 0 Å². The van der Waals surface area contributed by atoms with E-state index in [4.69, 9.17) is 4.74 Å². The van der Waals surface area contributed by atoms with Gasteiger partial charge in [0.15, 0.2) is 0 Å². The summed E-state index contributed by atoms with van der Waals surface area (Å²) in [7, 11) is 0. The average molecular weight is 465 g/mol. The van der Waals surface area contributed by atoms with Crippen LogP contribution in [0.4, 0.5) is 10.1 Å². The van der Waals surface area contributed by atoms with Gasteiger partial charge in [-0.05, 0) is 60.5 Å². The van der Waals surface area contributed by atoms with Crippen LogP contribution in [-0.4, -0.2) is 5.91 Å². The zero-order chi connectivity index (χ0) is 21.5. The summed E-state index contributed by atoms with van der Waals surface area (Å²) in [6, 6.07) is 20.6. The smallest absolute Gasteiger partial charge is 0.266 e. The molecule has 0 spiro atoms. The van der Waals surface area contributed by atoms with E-state index < -0.39 is 5.91 Å². The molecule has 0 aliphatic carbocycles. The molecule has 30 heavy (non-hydrogen) atoms. The highest BCUT2D eigenvalue weighted by Gasteiger charge is 2.13. The molecule has 0 aromatic heterocycles. The fraction of sp³-hybridized carbons (Fsp3) is 0.0833. The van der Waals surface area contributed by atoms with Gasteiger partial charge in [-0.25, -0.2) is 4.39 Å². The molecule has 0 heterocycles. The second kappa shape index (κ2) is 9.86. The molecule has 0 saturated carbocycles. The first kappa shape index (κ1) is 21.3. The minimum Gasteiger partial charge on any atom is -0.488 e. The Morgan fingerprint density at radius 2 is 1.90 bits per heavy atom. The molecule has 3 aromatic carbocycles. The van der Waals surface area contributed by atoms with Crippen LogP contribution in [0, 0.1) is 24.1 Å². The van der Waals surface area contributed by atoms with E-state index in [0.29, 0.717) is 17.0 Å². The highest BCUT2D eigenvalue weighted by molar-refractivity contribution is 9.10. The first-order valence-electron chi connectivity index (χ1n) is 9.12. The lowest BCUT2D eigenvalue weighted by atomic mass is 10.1. The van der Waals surface area contributed by atoms with Crippen molar-refractivity contribution in [3.63, 3.8) is 0 Å². The summed E-state index contributed by atoms with van der Waals surface area (Å²) >= 11 is 3.40. The van der Waals surface area contributed by atoms with Crippen molar-refractivity contribution in [3.05, 3.63) is 99.3 Å². The van der Waals surface area contributed by atoms with Crippen molar-refractivity contribution in [2.75, 3.05) is 5.32 Å². The molecule has 4 nitrogen and oxygen atoms in total. The number of carbonyl (C=O) groups excluding carboxylic acids is 1. The van der Waals surface area contributed by atoms with Crippen LogP contribution in [0.25, 0.3) is 6.08 Å². The number of ether oxygens (including phenoxy) is 1. The van der Waals surface area contributed by atoms with Crippen molar-refractivity contribution >= 4 is 33.6 Å². The largest absolute Gasteiger partial charge is 0.488 e. The maximum atomic E-state index is 13.1. The highest BCUT2D eigenvalue weighted by atomic mass is 79.9. The molecule has 0 unspecified atom stereocenters. The van der Waals surface area contributed by atoms with E-state index in [1.165, 1.54) is 18.2 Å². The number of para-hydroxylation sites is 1. The number of nitriles is 1. The Bertz CT molecular complexity index is 1130. The summed E-state index contributed by atoms with van der Waals surface area (Å²) in [4.78, 5) is 12.6. The molecule has 1 amide bonds. The van der Waals surface area contributed by atoms with E-state index in [1.807, 2.05) is 31.2 Å². The van der Waals surface area contributed by atoms with Gasteiger partial charge in [-0.15, -0.1) is 0 Å². The minimum absolute atomic E-state index is 0.0528. The Morgan fingerprint density at radius 3 is 2.60 bits per heavy atom. The van der Waals surface area contributed by atoms with Crippen molar-refractivity contribution in [2.45, 2.75) is 13.5 Å². The molecule has 0 atom stereocenters. The van der Waals surface area contributed by atoms with Gasteiger partial charge in [0.25, 0.3) is 5.91 Å². The molecule has 0 radical (unpaired) electrons. The molecule has 0 fully saturated rings. The highest BCUT2D eigenvalue weighted by Crippen LogP contribution is 2.27. The van der Waals surface area contributed by atoms with E-state index in [2.05, 4.69) is 21.2 Å². The molecule has 0 saturated heterocycles. The van der Waals surface area contributed by atoms with Gasteiger partial charge >= 0.3 is 0 Å². The van der Waals surface area contributed by atoms with Gasteiger partial charge in [0.2, 0.25) is 0 Å². The maximum Gasteiger partial charge on any atom is 0.266 e. The topological polar surface area (TPSA) is 62.1 Å². The van der Waals surface area contributed by atoms with Gasteiger partial charge in [-0.2, -0.15) is 5.26 Å². The zero-order valence-electron chi connectivity index (χ0n) is 16.2. The van der Waals surface area contributed by atoms with Gasteiger partial charge in [0.05, 0.1) is 0 Å². The summed E-state index contributed by atoms with van der Waals surface area (Å²) in [5.41, 5.74) is 2.86. The van der Waals surface area contributed by atoms with Crippen LogP contribution in [0.15, 0.2) is 76.8 Å². The lowest BCUT2D eigenvalue weighted by molar-refractivity contribution is -0.112. The zero-order valence-corrected chi connectivity index (χ0v) is 17.7. The Balaban J connectivity index is 1.83. The lowest BCUT2D eigenvalue weighted by Crippen LogP contribution is -2.14. The SMILES string of the molecule is Cc1ccccc1NC(=O)/C(C#N)=C/c1cc(Br)ccc1OCc1ccc(F)cc1. The summed E-state index contributed by atoms with van der Waals surface area (Å²) < 4.78 is 19.7. The first-order chi connectivity index (χ1) is 14.5. The van der Waals surface area contributed by atoms with Gasteiger partial charge in [0.1, 0.15) is 29.8 Å². The number of anilines is 1. The summed E-state index contributed by atoms with van der Waals surface area (Å²) in [6.45, 7) is 2.10. The normalized spacial score (nSPS) is 10.9. The van der Waals surface area contributed by atoms with Crippen LogP contribution in [0.1, 0.15) is 16.7 Å². The molecule has 3 rings (SSSR count). The van der Waals surface area contributed by atoms with E-state index in [1.54, 1.807) is 36.4 Å². The van der Waals surface area contributed by atoms with E-state index in [0.717, 1.165) is 15.6 Å². The van der Waals surface area contributed by atoms with Crippen LogP contribution >= 0.6 is 15.9 Å². The van der Waals surface area contributed by atoms with Crippen LogP contribution in [-0.2, 0) is 11.4 Å². The monoisotopic (exact) mass is 464 g/mol. The third kappa shape index (κ3) is 5.56. The Morgan fingerprint density at radius 1 is 1.17 bits per heavy atom. The van der Waals surface area contributed by atoms with Crippen molar-refractivity contribution in [1.29, 1.82) is 5.26 Å². The van der Waals surface area contributed by atoms with Crippen molar-refractivity contribution in [2.24, 2.45) is 0 Å². The first-order valence-corrected chi connectivity index (χ1v) is 9.91.